The Bertz CT molecular complexity index is 740. The number of rotatable bonds is 9. The second-order valence-electron chi connectivity index (χ2n) is 4.77. The Labute approximate surface area is 150 Å². The summed E-state index contributed by atoms with van der Waals surface area (Å²) in [4.78, 5) is 13.0. The molecule has 0 unspecified atom stereocenters. The van der Waals surface area contributed by atoms with E-state index in [0.29, 0.717) is 17.9 Å². The van der Waals surface area contributed by atoms with Crippen molar-refractivity contribution >= 4 is 39.1 Å². The number of nitrogens with one attached hydrogen (secondary N) is 1. The Kier molecular flexibility index (Phi) is 7.29. The van der Waals surface area contributed by atoms with Crippen LogP contribution in [0, 0.1) is 0 Å². The third-order valence-electron chi connectivity index (χ3n) is 3.04. The van der Waals surface area contributed by atoms with E-state index in [0.717, 1.165) is 5.75 Å². The fourth-order valence-electron chi connectivity index (χ4n) is 1.88. The predicted molar refractivity (Wildman–Crippen MR) is 98.1 cm³/mol. The van der Waals surface area contributed by atoms with Crippen molar-refractivity contribution in [2.24, 2.45) is 0 Å². The van der Waals surface area contributed by atoms with E-state index in [-0.39, 0.29) is 11.5 Å². The molecule has 1 aromatic heterocycles. The maximum absolute atomic E-state index is 12.2. The number of hydrogen-bond donors (Lipinski definition) is 1. The van der Waals surface area contributed by atoms with Gasteiger partial charge in [-0.05, 0) is 42.6 Å². The largest absolute Gasteiger partial charge is 0.462 e. The van der Waals surface area contributed by atoms with E-state index < -0.39 is 16.0 Å². The molecule has 0 bridgehead atoms. The van der Waals surface area contributed by atoms with Crippen LogP contribution in [0.4, 0.5) is 0 Å². The van der Waals surface area contributed by atoms with E-state index in [9.17, 15) is 13.2 Å². The number of esters is 1. The number of carbonyl (C=O) groups excluding carboxylic acids is 1. The van der Waals surface area contributed by atoms with Gasteiger partial charge in [-0.15, -0.1) is 11.3 Å². The van der Waals surface area contributed by atoms with Gasteiger partial charge in [0.25, 0.3) is 0 Å². The first-order valence-electron chi connectivity index (χ1n) is 7.40. The standard InChI is InChI=1S/C16H19NO4S3/c1-2-21-16(18)13-5-7-15(8-6-13)24(19,20)17-9-11-22-12-14-4-3-10-23-14/h3-8,10,17H,2,9,11-12H2,1H3. The fourth-order valence-corrected chi connectivity index (χ4v) is 4.74. The monoisotopic (exact) mass is 385 g/mol. The Morgan fingerprint density at radius 3 is 2.62 bits per heavy atom. The van der Waals surface area contributed by atoms with E-state index in [4.69, 9.17) is 4.74 Å². The molecule has 0 spiro atoms. The number of ether oxygens (including phenoxy) is 1. The lowest BCUT2D eigenvalue weighted by molar-refractivity contribution is 0.0526. The van der Waals surface area contributed by atoms with Gasteiger partial charge in [0.1, 0.15) is 0 Å². The van der Waals surface area contributed by atoms with Crippen LogP contribution >= 0.6 is 23.1 Å². The molecule has 1 aromatic carbocycles. The number of carbonyl (C=O) groups is 1. The molecule has 130 valence electrons. The molecule has 0 fully saturated rings. The molecule has 8 heteroatoms. The van der Waals surface area contributed by atoms with Gasteiger partial charge >= 0.3 is 5.97 Å². The first kappa shape index (κ1) is 19.0. The Balaban J connectivity index is 1.82. The number of thiophene rings is 1. The highest BCUT2D eigenvalue weighted by atomic mass is 32.2. The van der Waals surface area contributed by atoms with Crippen molar-refractivity contribution in [1.29, 1.82) is 0 Å². The van der Waals surface area contributed by atoms with Crippen LogP contribution in [0.15, 0.2) is 46.7 Å². The van der Waals surface area contributed by atoms with Gasteiger partial charge in [0, 0.05) is 22.9 Å². The number of thioether (sulfide) groups is 1. The van der Waals surface area contributed by atoms with Crippen molar-refractivity contribution in [3.63, 3.8) is 0 Å². The van der Waals surface area contributed by atoms with Crippen LogP contribution in [0.25, 0.3) is 0 Å². The van der Waals surface area contributed by atoms with Crippen LogP contribution in [0.5, 0.6) is 0 Å². The van der Waals surface area contributed by atoms with Gasteiger partial charge in [-0.2, -0.15) is 11.8 Å². The molecule has 1 heterocycles. The summed E-state index contributed by atoms with van der Waals surface area (Å²) in [6.45, 7) is 2.36. The SMILES string of the molecule is CCOC(=O)c1ccc(S(=O)(=O)NCCSCc2cccs2)cc1. The van der Waals surface area contributed by atoms with E-state index in [2.05, 4.69) is 10.8 Å². The molecule has 0 saturated carbocycles. The molecule has 0 saturated heterocycles. The number of benzene rings is 1. The van der Waals surface area contributed by atoms with Crippen LogP contribution in [-0.2, 0) is 20.5 Å². The molecule has 2 rings (SSSR count). The number of hydrogen-bond acceptors (Lipinski definition) is 6. The summed E-state index contributed by atoms with van der Waals surface area (Å²) < 4.78 is 31.8. The maximum Gasteiger partial charge on any atom is 0.338 e. The van der Waals surface area contributed by atoms with Crippen molar-refractivity contribution < 1.29 is 17.9 Å². The van der Waals surface area contributed by atoms with Crippen LogP contribution < -0.4 is 4.72 Å². The smallest absolute Gasteiger partial charge is 0.338 e. The lowest BCUT2D eigenvalue weighted by atomic mass is 10.2. The van der Waals surface area contributed by atoms with Crippen molar-refractivity contribution in [2.45, 2.75) is 17.6 Å². The first-order chi connectivity index (χ1) is 11.5. The zero-order chi connectivity index (χ0) is 17.4. The zero-order valence-corrected chi connectivity index (χ0v) is 15.7. The fraction of sp³-hybridized carbons (Fsp3) is 0.312. The van der Waals surface area contributed by atoms with Gasteiger partial charge in [0.2, 0.25) is 10.0 Å². The minimum absolute atomic E-state index is 0.138. The van der Waals surface area contributed by atoms with Crippen LogP contribution in [0.1, 0.15) is 22.2 Å². The minimum Gasteiger partial charge on any atom is -0.462 e. The summed E-state index contributed by atoms with van der Waals surface area (Å²) in [6, 6.07) is 9.80. The van der Waals surface area contributed by atoms with Gasteiger partial charge in [0.15, 0.2) is 0 Å². The molecular weight excluding hydrogens is 366 g/mol. The highest BCUT2D eigenvalue weighted by molar-refractivity contribution is 7.98. The van der Waals surface area contributed by atoms with E-state index >= 15 is 0 Å². The second-order valence-corrected chi connectivity index (χ2v) is 8.68. The molecule has 2 aromatic rings. The van der Waals surface area contributed by atoms with Crippen molar-refractivity contribution in [3.8, 4) is 0 Å². The summed E-state index contributed by atoms with van der Waals surface area (Å²) in [7, 11) is -3.56. The molecule has 0 atom stereocenters. The normalized spacial score (nSPS) is 11.4. The molecule has 0 aliphatic heterocycles. The van der Waals surface area contributed by atoms with Gasteiger partial charge in [-0.3, -0.25) is 0 Å². The summed E-state index contributed by atoms with van der Waals surface area (Å²) in [5.74, 6) is 1.12. The van der Waals surface area contributed by atoms with Crippen LogP contribution in [0.2, 0.25) is 0 Å². The van der Waals surface area contributed by atoms with E-state index in [1.165, 1.54) is 29.1 Å². The Hall–Kier alpha value is -1.35. The molecule has 1 N–H and O–H groups in total. The van der Waals surface area contributed by atoms with Crippen molar-refractivity contribution in [2.75, 3.05) is 18.9 Å². The lowest BCUT2D eigenvalue weighted by Gasteiger charge is -2.07. The molecule has 5 nitrogen and oxygen atoms in total. The summed E-state index contributed by atoms with van der Waals surface area (Å²) in [6.07, 6.45) is 0. The van der Waals surface area contributed by atoms with Gasteiger partial charge < -0.3 is 4.74 Å². The molecule has 0 amide bonds. The zero-order valence-electron chi connectivity index (χ0n) is 13.2. The third kappa shape index (κ3) is 5.62. The predicted octanol–water partition coefficient (Wildman–Crippen LogP) is 3.14. The third-order valence-corrected chi connectivity index (χ3v) is 6.58. The topological polar surface area (TPSA) is 72.5 Å². The van der Waals surface area contributed by atoms with Crippen molar-refractivity contribution in [3.05, 3.63) is 52.2 Å². The van der Waals surface area contributed by atoms with E-state index in [1.807, 2.05) is 11.4 Å². The molecule has 0 radical (unpaired) electrons. The summed E-state index contributed by atoms with van der Waals surface area (Å²) >= 11 is 3.37. The maximum atomic E-state index is 12.2. The Morgan fingerprint density at radius 2 is 2.00 bits per heavy atom. The summed E-state index contributed by atoms with van der Waals surface area (Å²) in [5.41, 5.74) is 0.335. The lowest BCUT2D eigenvalue weighted by Crippen LogP contribution is -2.26. The highest BCUT2D eigenvalue weighted by Gasteiger charge is 2.14. The molecule has 0 aliphatic carbocycles. The molecule has 0 aliphatic rings. The van der Waals surface area contributed by atoms with E-state index in [1.54, 1.807) is 30.0 Å². The average molecular weight is 386 g/mol. The minimum atomic E-state index is -3.56. The Morgan fingerprint density at radius 1 is 1.25 bits per heavy atom. The second kappa shape index (κ2) is 9.22. The number of sulfonamides is 1. The first-order valence-corrected chi connectivity index (χ1v) is 10.9. The quantitative estimate of drug-likeness (QED) is 0.530. The highest BCUT2D eigenvalue weighted by Crippen LogP contribution is 2.17. The van der Waals surface area contributed by atoms with Gasteiger partial charge in [-0.25, -0.2) is 17.9 Å². The summed E-state index contributed by atoms with van der Waals surface area (Å²) in [5, 5.41) is 2.03. The van der Waals surface area contributed by atoms with Crippen molar-refractivity contribution in [1.82, 2.24) is 4.72 Å². The van der Waals surface area contributed by atoms with Crippen LogP contribution in [-0.4, -0.2) is 33.3 Å². The van der Waals surface area contributed by atoms with Gasteiger partial charge in [0.05, 0.1) is 17.1 Å². The molecule has 24 heavy (non-hydrogen) atoms. The average Bonchev–Trinajstić information content (AvgIpc) is 3.08. The van der Waals surface area contributed by atoms with Gasteiger partial charge in [-0.1, -0.05) is 6.07 Å². The van der Waals surface area contributed by atoms with Crippen LogP contribution in [0.3, 0.4) is 0 Å². The molecular formula is C16H19NO4S3.